The zero-order valence-electron chi connectivity index (χ0n) is 17.1. The van der Waals surface area contributed by atoms with Crippen molar-refractivity contribution in [3.63, 3.8) is 0 Å². The van der Waals surface area contributed by atoms with Gasteiger partial charge >= 0.3 is 11.1 Å². The normalized spacial score (nSPS) is 20.7. The molecule has 4 heterocycles. The average molecular weight is 403 g/mol. The van der Waals surface area contributed by atoms with E-state index in [0.717, 1.165) is 44.0 Å². The van der Waals surface area contributed by atoms with Crippen LogP contribution in [0.1, 0.15) is 35.5 Å². The highest BCUT2D eigenvalue weighted by molar-refractivity contribution is 5.23. The van der Waals surface area contributed by atoms with E-state index in [1.807, 2.05) is 18.2 Å². The molecule has 0 amide bonds. The number of benzene rings is 1. The number of likely N-dealkylation sites (tertiary alicyclic amines) is 1. The standard InChI is InChI=1S/C23H25N5O2/c1-17-5-4-6-18(13-17)14-26-11-8-23(16-26)9-12-27-20(29)21(30)28(25-22(23)27)15-19-7-2-3-10-24-19/h2-7,10,13H,8-9,11-12,14-16H2,1H3. The van der Waals surface area contributed by atoms with Crippen LogP contribution in [0.25, 0.3) is 0 Å². The summed E-state index contributed by atoms with van der Waals surface area (Å²) in [5.41, 5.74) is 2.08. The molecule has 0 aliphatic carbocycles. The summed E-state index contributed by atoms with van der Waals surface area (Å²) in [6, 6.07) is 14.1. The molecule has 1 unspecified atom stereocenters. The van der Waals surface area contributed by atoms with E-state index in [9.17, 15) is 9.59 Å². The molecular weight excluding hydrogens is 378 g/mol. The van der Waals surface area contributed by atoms with Gasteiger partial charge in [-0.15, -0.1) is 0 Å². The fraction of sp³-hybridized carbons (Fsp3) is 0.391. The van der Waals surface area contributed by atoms with Gasteiger partial charge in [0.1, 0.15) is 5.82 Å². The lowest BCUT2D eigenvalue weighted by Crippen LogP contribution is -2.45. The van der Waals surface area contributed by atoms with Crippen molar-refractivity contribution in [2.75, 3.05) is 13.1 Å². The maximum absolute atomic E-state index is 12.8. The van der Waals surface area contributed by atoms with Crippen LogP contribution in [0.2, 0.25) is 0 Å². The predicted octanol–water partition coefficient (Wildman–Crippen LogP) is 1.70. The Hall–Kier alpha value is -3.06. The van der Waals surface area contributed by atoms with Gasteiger partial charge in [0.05, 0.1) is 12.2 Å². The number of pyridine rings is 1. The van der Waals surface area contributed by atoms with Crippen molar-refractivity contribution in [2.45, 2.75) is 44.8 Å². The Morgan fingerprint density at radius 1 is 1.00 bits per heavy atom. The van der Waals surface area contributed by atoms with Gasteiger partial charge in [-0.3, -0.25) is 24.0 Å². The van der Waals surface area contributed by atoms with Gasteiger partial charge < -0.3 is 0 Å². The van der Waals surface area contributed by atoms with Crippen LogP contribution in [0.4, 0.5) is 0 Å². The summed E-state index contributed by atoms with van der Waals surface area (Å²) in [7, 11) is 0. The van der Waals surface area contributed by atoms with Gasteiger partial charge in [-0.2, -0.15) is 5.10 Å². The van der Waals surface area contributed by atoms with Crippen LogP contribution in [-0.4, -0.2) is 37.3 Å². The molecule has 1 saturated heterocycles. The minimum absolute atomic E-state index is 0.164. The molecule has 30 heavy (non-hydrogen) atoms. The third-order valence-corrected chi connectivity index (χ3v) is 6.38. The summed E-state index contributed by atoms with van der Waals surface area (Å²) >= 11 is 0. The van der Waals surface area contributed by atoms with Crippen molar-refractivity contribution in [3.05, 3.63) is 92.0 Å². The fourth-order valence-electron chi connectivity index (χ4n) is 4.87. The molecule has 3 aromatic rings. The van der Waals surface area contributed by atoms with Crippen molar-refractivity contribution in [1.29, 1.82) is 0 Å². The minimum Gasteiger partial charge on any atom is -0.298 e. The summed E-state index contributed by atoms with van der Waals surface area (Å²) in [6.45, 7) is 5.60. The minimum atomic E-state index is -0.573. The smallest absolute Gasteiger partial charge is 0.298 e. The van der Waals surface area contributed by atoms with Crippen molar-refractivity contribution in [1.82, 2.24) is 24.2 Å². The topological polar surface area (TPSA) is 73.0 Å². The van der Waals surface area contributed by atoms with Crippen molar-refractivity contribution >= 4 is 0 Å². The first-order chi connectivity index (χ1) is 14.5. The van der Waals surface area contributed by atoms with Crippen molar-refractivity contribution < 1.29 is 0 Å². The summed E-state index contributed by atoms with van der Waals surface area (Å²) in [4.78, 5) is 32.1. The van der Waals surface area contributed by atoms with E-state index in [4.69, 9.17) is 5.10 Å². The predicted molar refractivity (Wildman–Crippen MR) is 113 cm³/mol. The van der Waals surface area contributed by atoms with Crippen LogP contribution >= 0.6 is 0 Å². The Kier molecular flexibility index (Phi) is 4.62. The lowest BCUT2D eigenvalue weighted by Gasteiger charge is -2.24. The van der Waals surface area contributed by atoms with Gasteiger partial charge in [0, 0.05) is 31.2 Å². The van der Waals surface area contributed by atoms with Gasteiger partial charge in [0.25, 0.3) is 0 Å². The monoisotopic (exact) mass is 403 g/mol. The summed E-state index contributed by atoms with van der Waals surface area (Å²) in [6.07, 6.45) is 3.49. The Morgan fingerprint density at radius 3 is 2.67 bits per heavy atom. The maximum atomic E-state index is 12.8. The van der Waals surface area contributed by atoms with Crippen molar-refractivity contribution in [3.8, 4) is 0 Å². The molecule has 2 aliphatic rings. The number of aromatic nitrogens is 4. The fourth-order valence-corrected chi connectivity index (χ4v) is 4.87. The number of nitrogens with zero attached hydrogens (tertiary/aromatic N) is 5. The zero-order chi connectivity index (χ0) is 20.7. The number of fused-ring (bicyclic) bond motifs is 2. The van der Waals surface area contributed by atoms with Gasteiger partial charge in [0.2, 0.25) is 0 Å². The molecule has 0 N–H and O–H groups in total. The van der Waals surface area contributed by atoms with Crippen LogP contribution < -0.4 is 11.1 Å². The molecule has 154 valence electrons. The first kappa shape index (κ1) is 18.9. The molecule has 0 bridgehead atoms. The first-order valence-electron chi connectivity index (χ1n) is 10.4. The van der Waals surface area contributed by atoms with E-state index in [1.165, 1.54) is 15.8 Å². The Bertz CT molecular complexity index is 1200. The second-order valence-electron chi connectivity index (χ2n) is 8.54. The van der Waals surface area contributed by atoms with Crippen LogP contribution in [-0.2, 0) is 25.0 Å². The van der Waals surface area contributed by atoms with Gasteiger partial charge in [-0.25, -0.2) is 4.68 Å². The van der Waals surface area contributed by atoms with Gasteiger partial charge in [-0.05, 0) is 44.0 Å². The van der Waals surface area contributed by atoms with E-state index in [-0.39, 0.29) is 12.0 Å². The largest absolute Gasteiger partial charge is 0.332 e. The molecule has 0 radical (unpaired) electrons. The molecule has 7 heteroatoms. The number of aryl methyl sites for hydroxylation is 1. The molecule has 1 spiro atoms. The van der Waals surface area contributed by atoms with Crippen LogP contribution in [0.15, 0.2) is 58.3 Å². The molecule has 2 aromatic heterocycles. The van der Waals surface area contributed by atoms with E-state index in [1.54, 1.807) is 10.8 Å². The summed E-state index contributed by atoms with van der Waals surface area (Å²) < 4.78 is 2.90. The van der Waals surface area contributed by atoms with Crippen molar-refractivity contribution in [2.24, 2.45) is 0 Å². The molecule has 2 aliphatic heterocycles. The lowest BCUT2D eigenvalue weighted by molar-refractivity contribution is 0.298. The molecule has 7 nitrogen and oxygen atoms in total. The quantitative estimate of drug-likeness (QED) is 0.620. The summed E-state index contributed by atoms with van der Waals surface area (Å²) in [5.74, 6) is 0.759. The van der Waals surface area contributed by atoms with Crippen LogP contribution in [0, 0.1) is 6.92 Å². The number of hydrogen-bond donors (Lipinski definition) is 0. The van der Waals surface area contributed by atoms with Crippen LogP contribution in [0.5, 0.6) is 0 Å². The number of hydrogen-bond acceptors (Lipinski definition) is 5. The van der Waals surface area contributed by atoms with E-state index in [0.29, 0.717) is 6.54 Å². The molecular formula is C23H25N5O2. The summed E-state index contributed by atoms with van der Waals surface area (Å²) in [5, 5.41) is 4.70. The SMILES string of the molecule is Cc1cccc(CN2CCC3(CCn4c3nn(Cc3ccccn3)c(=O)c4=O)C2)c1. The number of rotatable bonds is 4. The van der Waals surface area contributed by atoms with Crippen LogP contribution in [0.3, 0.4) is 0 Å². The highest BCUT2D eigenvalue weighted by Gasteiger charge is 2.47. The lowest BCUT2D eigenvalue weighted by atomic mass is 9.85. The zero-order valence-corrected chi connectivity index (χ0v) is 17.1. The van der Waals surface area contributed by atoms with E-state index >= 15 is 0 Å². The van der Waals surface area contributed by atoms with E-state index < -0.39 is 11.1 Å². The molecule has 1 aromatic carbocycles. The Balaban J connectivity index is 1.45. The van der Waals surface area contributed by atoms with Gasteiger partial charge in [0.15, 0.2) is 0 Å². The highest BCUT2D eigenvalue weighted by atomic mass is 16.2. The second kappa shape index (κ2) is 7.32. The molecule has 0 saturated carbocycles. The molecule has 1 fully saturated rings. The maximum Gasteiger partial charge on any atom is 0.332 e. The Labute approximate surface area is 174 Å². The molecule has 5 rings (SSSR count). The van der Waals surface area contributed by atoms with E-state index in [2.05, 4.69) is 41.1 Å². The third kappa shape index (κ3) is 3.29. The second-order valence-corrected chi connectivity index (χ2v) is 8.54. The highest BCUT2D eigenvalue weighted by Crippen LogP contribution is 2.40. The third-order valence-electron chi connectivity index (χ3n) is 6.38. The molecule has 1 atom stereocenters. The first-order valence-corrected chi connectivity index (χ1v) is 10.4. The van der Waals surface area contributed by atoms with Gasteiger partial charge in [-0.1, -0.05) is 35.9 Å². The Morgan fingerprint density at radius 2 is 1.87 bits per heavy atom. The average Bonchev–Trinajstić information content (AvgIpc) is 3.31.